The van der Waals surface area contributed by atoms with E-state index in [1.54, 1.807) is 7.05 Å². The Labute approximate surface area is 220 Å². The summed E-state index contributed by atoms with van der Waals surface area (Å²) in [5, 5.41) is 6.24. The zero-order chi connectivity index (χ0) is 27.8. The number of thioether (sulfide) groups is 1. The SMILES string of the molecule is COC(=O)[C@@](C)(C(=O)[C@H]1NC(C)(C)CS1)N(c1ccc(OC(=O)N(C)C)cc1)S(=O)(=O)c1cnn(C)c1. The number of amides is 1. The van der Waals surface area contributed by atoms with Crippen molar-refractivity contribution in [1.29, 1.82) is 0 Å². The maximum Gasteiger partial charge on any atom is 0.414 e. The molecular formula is C23H31N5O7S2. The van der Waals surface area contributed by atoms with Crippen LogP contribution in [0.1, 0.15) is 20.8 Å². The number of Topliss-reactive ketones (excluding diaryl/α,β-unsaturated/α-hetero) is 1. The summed E-state index contributed by atoms with van der Waals surface area (Å²) in [4.78, 5) is 40.2. The number of sulfonamides is 1. The normalized spacial score (nSPS) is 18.5. The first kappa shape index (κ1) is 28.5. The zero-order valence-corrected chi connectivity index (χ0v) is 23.3. The predicted molar refractivity (Wildman–Crippen MR) is 138 cm³/mol. The standard InChI is InChI=1S/C23H31N5O7S2/c1-22(2)14-36-19(25-22)18(29)23(3,20(30)34-7)28(37(32,33)17-12-24-27(6)13-17)15-8-10-16(11-9-15)35-21(31)26(4)5/h8-13,19,25H,14H2,1-7H3/t19-,23+/m0/s1. The summed E-state index contributed by atoms with van der Waals surface area (Å²) in [5.74, 6) is -1.03. The van der Waals surface area contributed by atoms with Crippen molar-refractivity contribution in [2.24, 2.45) is 7.05 Å². The third-order valence-electron chi connectivity index (χ3n) is 5.70. The van der Waals surface area contributed by atoms with Gasteiger partial charge in [-0.25, -0.2) is 22.3 Å². The summed E-state index contributed by atoms with van der Waals surface area (Å²) in [6.07, 6.45) is 1.77. The number of anilines is 1. The van der Waals surface area contributed by atoms with Crippen molar-refractivity contribution in [3.63, 3.8) is 0 Å². The van der Waals surface area contributed by atoms with Gasteiger partial charge in [0.25, 0.3) is 10.0 Å². The molecule has 1 aromatic carbocycles. The van der Waals surface area contributed by atoms with E-state index in [0.29, 0.717) is 5.75 Å². The molecule has 1 N–H and O–H groups in total. The number of ether oxygens (including phenoxy) is 2. The molecule has 2 aromatic rings. The first-order valence-electron chi connectivity index (χ1n) is 11.2. The minimum atomic E-state index is -4.52. The number of methoxy groups -OCH3 is 1. The average molecular weight is 554 g/mol. The molecule has 1 aliphatic rings. The average Bonchev–Trinajstić information content (AvgIpc) is 3.44. The summed E-state index contributed by atoms with van der Waals surface area (Å²) < 4.78 is 40.3. The monoisotopic (exact) mass is 553 g/mol. The highest BCUT2D eigenvalue weighted by Gasteiger charge is 2.57. The number of benzene rings is 1. The third-order valence-corrected chi connectivity index (χ3v) is 9.12. The number of ketones is 1. The van der Waals surface area contributed by atoms with Gasteiger partial charge >= 0.3 is 12.1 Å². The van der Waals surface area contributed by atoms with E-state index >= 15 is 0 Å². The fraction of sp³-hybridized carbons (Fsp3) is 0.478. The number of aromatic nitrogens is 2. The Bertz CT molecular complexity index is 1290. The van der Waals surface area contributed by atoms with Gasteiger partial charge in [-0.1, -0.05) is 0 Å². The molecule has 0 radical (unpaired) electrons. The molecule has 0 spiro atoms. The second-order valence-corrected chi connectivity index (χ2v) is 12.4. The Morgan fingerprint density at radius 3 is 2.30 bits per heavy atom. The van der Waals surface area contributed by atoms with E-state index < -0.39 is 44.3 Å². The smallest absolute Gasteiger partial charge is 0.414 e. The van der Waals surface area contributed by atoms with Gasteiger partial charge in [-0.05, 0) is 45.0 Å². The van der Waals surface area contributed by atoms with Crippen LogP contribution < -0.4 is 14.4 Å². The van der Waals surface area contributed by atoms with E-state index in [1.807, 2.05) is 13.8 Å². The molecule has 1 fully saturated rings. The number of nitrogens with one attached hydrogen (secondary N) is 1. The van der Waals surface area contributed by atoms with E-state index in [9.17, 15) is 22.8 Å². The third kappa shape index (κ3) is 5.60. The first-order valence-corrected chi connectivity index (χ1v) is 13.7. The van der Waals surface area contributed by atoms with Crippen LogP contribution in [-0.4, -0.2) is 84.4 Å². The van der Waals surface area contributed by atoms with Crippen LogP contribution >= 0.6 is 11.8 Å². The lowest BCUT2D eigenvalue weighted by Crippen LogP contribution is -2.64. The van der Waals surface area contributed by atoms with Crippen molar-refractivity contribution in [3.8, 4) is 5.75 Å². The number of aryl methyl sites for hydroxylation is 1. The van der Waals surface area contributed by atoms with Crippen LogP contribution in [0.15, 0.2) is 41.6 Å². The molecule has 3 rings (SSSR count). The van der Waals surface area contributed by atoms with Gasteiger partial charge in [0.2, 0.25) is 5.54 Å². The van der Waals surface area contributed by atoms with Gasteiger partial charge in [0.05, 0.1) is 19.0 Å². The Balaban J connectivity index is 2.18. The Kier molecular flexibility index (Phi) is 7.96. The lowest BCUT2D eigenvalue weighted by Gasteiger charge is -2.39. The molecule has 1 aromatic heterocycles. The quantitative estimate of drug-likeness (QED) is 0.379. The Morgan fingerprint density at radius 1 is 1.22 bits per heavy atom. The number of carbonyl (C=O) groups excluding carboxylic acids is 3. The molecule has 1 aliphatic heterocycles. The van der Waals surface area contributed by atoms with Gasteiger partial charge in [-0.2, -0.15) is 5.10 Å². The fourth-order valence-electron chi connectivity index (χ4n) is 3.73. The molecule has 2 heterocycles. The molecule has 14 heteroatoms. The summed E-state index contributed by atoms with van der Waals surface area (Å²) in [7, 11) is 1.14. The van der Waals surface area contributed by atoms with Crippen LogP contribution in [0.4, 0.5) is 10.5 Å². The summed E-state index contributed by atoms with van der Waals surface area (Å²) in [6, 6.07) is 5.44. The van der Waals surface area contributed by atoms with Gasteiger partial charge in [0, 0.05) is 38.6 Å². The summed E-state index contributed by atoms with van der Waals surface area (Å²) in [5.41, 5.74) is -2.72. The lowest BCUT2D eigenvalue weighted by molar-refractivity contribution is -0.150. The predicted octanol–water partition coefficient (Wildman–Crippen LogP) is 1.62. The molecule has 0 bridgehead atoms. The second kappa shape index (κ2) is 10.3. The highest BCUT2D eigenvalue weighted by molar-refractivity contribution is 8.01. The van der Waals surface area contributed by atoms with Crippen molar-refractivity contribution in [1.82, 2.24) is 20.0 Å². The number of hydrogen-bond donors (Lipinski definition) is 1. The first-order chi connectivity index (χ1) is 17.1. The van der Waals surface area contributed by atoms with Crippen molar-refractivity contribution in [2.75, 3.05) is 31.3 Å². The molecule has 202 valence electrons. The summed E-state index contributed by atoms with van der Waals surface area (Å²) >= 11 is 1.28. The molecule has 1 saturated heterocycles. The van der Waals surface area contributed by atoms with E-state index in [1.165, 1.54) is 72.8 Å². The topological polar surface area (TPSA) is 140 Å². The van der Waals surface area contributed by atoms with Crippen LogP contribution in [0, 0.1) is 0 Å². The molecule has 1 amide bonds. The highest BCUT2D eigenvalue weighted by Crippen LogP contribution is 2.38. The van der Waals surface area contributed by atoms with E-state index in [4.69, 9.17) is 9.47 Å². The number of carbonyl (C=O) groups is 3. The number of esters is 1. The minimum absolute atomic E-state index is 0.0167. The van der Waals surface area contributed by atoms with Crippen molar-refractivity contribution in [3.05, 3.63) is 36.7 Å². The van der Waals surface area contributed by atoms with Crippen LogP contribution in [0.2, 0.25) is 0 Å². The van der Waals surface area contributed by atoms with E-state index in [0.717, 1.165) is 17.6 Å². The lowest BCUT2D eigenvalue weighted by atomic mass is 9.94. The molecular weight excluding hydrogens is 522 g/mol. The van der Waals surface area contributed by atoms with Crippen LogP contribution in [0.25, 0.3) is 0 Å². The minimum Gasteiger partial charge on any atom is -0.467 e. The molecule has 37 heavy (non-hydrogen) atoms. The number of rotatable bonds is 8. The second-order valence-electron chi connectivity index (χ2n) is 9.52. The van der Waals surface area contributed by atoms with Crippen molar-refractivity contribution < 1.29 is 32.3 Å². The molecule has 2 atom stereocenters. The molecule has 0 aliphatic carbocycles. The maximum atomic E-state index is 14.0. The van der Waals surface area contributed by atoms with Crippen LogP contribution in [-0.2, 0) is 31.4 Å². The van der Waals surface area contributed by atoms with Gasteiger partial charge in [0.1, 0.15) is 16.0 Å². The maximum absolute atomic E-state index is 14.0. The van der Waals surface area contributed by atoms with Gasteiger partial charge in [-0.15, -0.1) is 11.8 Å². The fourth-order valence-corrected chi connectivity index (χ4v) is 6.90. The zero-order valence-electron chi connectivity index (χ0n) is 21.7. The van der Waals surface area contributed by atoms with Gasteiger partial charge in [0.15, 0.2) is 5.78 Å². The van der Waals surface area contributed by atoms with Crippen molar-refractivity contribution in [2.45, 2.75) is 42.1 Å². The Morgan fingerprint density at radius 2 is 1.84 bits per heavy atom. The molecule has 0 unspecified atom stereocenters. The van der Waals surface area contributed by atoms with Crippen LogP contribution in [0.3, 0.4) is 0 Å². The highest BCUT2D eigenvalue weighted by atomic mass is 32.2. The molecule has 12 nitrogen and oxygen atoms in total. The largest absolute Gasteiger partial charge is 0.467 e. The summed E-state index contributed by atoms with van der Waals surface area (Å²) in [6.45, 7) is 5.03. The van der Waals surface area contributed by atoms with Crippen LogP contribution in [0.5, 0.6) is 5.75 Å². The van der Waals surface area contributed by atoms with Gasteiger partial charge in [-0.3, -0.25) is 14.8 Å². The number of hydrogen-bond acceptors (Lipinski definition) is 10. The molecule has 0 saturated carbocycles. The Hall–Kier alpha value is -3.10. The van der Waals surface area contributed by atoms with E-state index in [2.05, 4.69) is 10.4 Å². The number of nitrogens with zero attached hydrogens (tertiary/aromatic N) is 4. The van der Waals surface area contributed by atoms with Crippen molar-refractivity contribution >= 4 is 45.3 Å². The van der Waals surface area contributed by atoms with E-state index in [-0.39, 0.29) is 16.3 Å². The van der Waals surface area contributed by atoms with Gasteiger partial charge < -0.3 is 14.4 Å².